The molecular formula is C11H15ClN2O3. The highest BCUT2D eigenvalue weighted by atomic mass is 35.5. The second-order valence-electron chi connectivity index (χ2n) is 3.50. The fourth-order valence-electron chi connectivity index (χ4n) is 1.16. The van der Waals surface area contributed by atoms with Crippen LogP contribution < -0.4 is 10.6 Å². The number of amides is 1. The summed E-state index contributed by atoms with van der Waals surface area (Å²) in [7, 11) is 0. The van der Waals surface area contributed by atoms with Crippen molar-refractivity contribution in [1.29, 1.82) is 0 Å². The minimum Gasteiger partial charge on any atom is -0.395 e. The number of carbonyl (C=O) groups excluding carboxylic acids is 1. The fourth-order valence-corrected chi connectivity index (χ4v) is 1.29. The van der Waals surface area contributed by atoms with Crippen LogP contribution >= 0.6 is 11.6 Å². The van der Waals surface area contributed by atoms with Gasteiger partial charge in [-0.1, -0.05) is 11.6 Å². The number of benzene rings is 1. The molecule has 0 aromatic heterocycles. The molecule has 0 spiro atoms. The molecule has 6 heteroatoms. The van der Waals surface area contributed by atoms with E-state index < -0.39 is 6.04 Å². The molecule has 1 aromatic rings. The molecule has 0 aliphatic heterocycles. The summed E-state index contributed by atoms with van der Waals surface area (Å²) in [5, 5.41) is 23.5. The lowest BCUT2D eigenvalue weighted by Gasteiger charge is -2.12. The normalized spacial score (nSPS) is 10.6. The number of nitrogens with one attached hydrogen (secondary N) is 2. The van der Waals surface area contributed by atoms with Crippen molar-refractivity contribution in [3.05, 3.63) is 29.3 Å². The first-order valence-corrected chi connectivity index (χ1v) is 5.54. The summed E-state index contributed by atoms with van der Waals surface area (Å²) >= 11 is 5.71. The lowest BCUT2D eigenvalue weighted by atomic mass is 10.3. The molecule has 17 heavy (non-hydrogen) atoms. The third-order valence-corrected chi connectivity index (χ3v) is 2.37. The molecule has 0 bridgehead atoms. The number of anilines is 1. The maximum absolute atomic E-state index is 11.5. The van der Waals surface area contributed by atoms with Gasteiger partial charge in [0.25, 0.3) is 0 Å². The summed E-state index contributed by atoms with van der Waals surface area (Å²) in [6.45, 7) is -0.413. The number of aliphatic hydroxyl groups excluding tert-OH is 2. The average Bonchev–Trinajstić information content (AvgIpc) is 2.33. The van der Waals surface area contributed by atoms with Gasteiger partial charge in [0.1, 0.15) is 0 Å². The highest BCUT2D eigenvalue weighted by Crippen LogP contribution is 2.12. The molecule has 0 fully saturated rings. The van der Waals surface area contributed by atoms with E-state index in [2.05, 4.69) is 10.6 Å². The van der Waals surface area contributed by atoms with Crippen molar-refractivity contribution in [1.82, 2.24) is 5.32 Å². The molecule has 1 rings (SSSR count). The van der Waals surface area contributed by atoms with Crippen molar-refractivity contribution < 1.29 is 15.0 Å². The van der Waals surface area contributed by atoms with E-state index in [-0.39, 0.29) is 25.7 Å². The molecule has 0 heterocycles. The van der Waals surface area contributed by atoms with Gasteiger partial charge in [-0.2, -0.15) is 0 Å². The number of carbonyl (C=O) groups is 1. The average molecular weight is 259 g/mol. The highest BCUT2D eigenvalue weighted by Gasteiger charge is 2.07. The lowest BCUT2D eigenvalue weighted by molar-refractivity contribution is -0.115. The van der Waals surface area contributed by atoms with E-state index in [1.165, 1.54) is 0 Å². The molecule has 1 amide bonds. The fraction of sp³-hybridized carbons (Fsp3) is 0.364. The Morgan fingerprint density at radius 2 is 1.82 bits per heavy atom. The van der Waals surface area contributed by atoms with E-state index in [1.807, 2.05) is 0 Å². The van der Waals surface area contributed by atoms with Gasteiger partial charge in [-0.05, 0) is 24.3 Å². The quantitative estimate of drug-likeness (QED) is 0.589. The van der Waals surface area contributed by atoms with Gasteiger partial charge in [-0.3, -0.25) is 4.79 Å². The first-order chi connectivity index (χ1) is 8.15. The Balaban J connectivity index is 2.37. The Kier molecular flexibility index (Phi) is 5.93. The van der Waals surface area contributed by atoms with Crippen LogP contribution in [-0.2, 0) is 4.79 Å². The summed E-state index contributed by atoms with van der Waals surface area (Å²) in [6.07, 6.45) is 0. The lowest BCUT2D eigenvalue weighted by Crippen LogP contribution is -2.40. The van der Waals surface area contributed by atoms with Gasteiger partial charge in [0.05, 0.1) is 25.8 Å². The van der Waals surface area contributed by atoms with Gasteiger partial charge in [0, 0.05) is 10.7 Å². The standard InChI is InChI=1S/C11H15ClN2O3/c12-8-1-3-9(4-2-8)14-11(17)5-13-10(6-15)7-16/h1-4,10,13,15-16H,5-7H2,(H,14,17). The molecule has 4 N–H and O–H groups in total. The van der Waals surface area contributed by atoms with E-state index in [4.69, 9.17) is 21.8 Å². The predicted molar refractivity (Wildman–Crippen MR) is 66.0 cm³/mol. The number of hydrogen-bond acceptors (Lipinski definition) is 4. The molecule has 0 aliphatic carbocycles. The minimum atomic E-state index is -0.481. The van der Waals surface area contributed by atoms with Gasteiger partial charge >= 0.3 is 0 Å². The van der Waals surface area contributed by atoms with E-state index >= 15 is 0 Å². The Labute approximate surface area is 104 Å². The third-order valence-electron chi connectivity index (χ3n) is 2.12. The molecule has 0 atom stereocenters. The number of rotatable bonds is 6. The highest BCUT2D eigenvalue weighted by molar-refractivity contribution is 6.30. The van der Waals surface area contributed by atoms with Crippen LogP contribution in [0.15, 0.2) is 24.3 Å². The second-order valence-corrected chi connectivity index (χ2v) is 3.93. The van der Waals surface area contributed by atoms with Crippen LogP contribution in [0.1, 0.15) is 0 Å². The molecule has 0 aliphatic rings. The van der Waals surface area contributed by atoms with Crippen LogP contribution in [0.4, 0.5) is 5.69 Å². The zero-order valence-electron chi connectivity index (χ0n) is 9.19. The monoisotopic (exact) mass is 258 g/mol. The van der Waals surface area contributed by atoms with Crippen molar-refractivity contribution in [3.8, 4) is 0 Å². The maximum Gasteiger partial charge on any atom is 0.238 e. The molecule has 0 unspecified atom stereocenters. The van der Waals surface area contributed by atoms with Crippen molar-refractivity contribution >= 4 is 23.2 Å². The third kappa shape index (κ3) is 5.14. The van der Waals surface area contributed by atoms with Gasteiger partial charge in [-0.25, -0.2) is 0 Å². The van der Waals surface area contributed by atoms with Gasteiger partial charge in [-0.15, -0.1) is 0 Å². The van der Waals surface area contributed by atoms with Gasteiger partial charge in [0.2, 0.25) is 5.91 Å². The topological polar surface area (TPSA) is 81.6 Å². The number of aliphatic hydroxyl groups is 2. The van der Waals surface area contributed by atoms with Gasteiger partial charge < -0.3 is 20.8 Å². The van der Waals surface area contributed by atoms with E-state index in [0.29, 0.717) is 10.7 Å². The first-order valence-electron chi connectivity index (χ1n) is 5.16. The van der Waals surface area contributed by atoms with Crippen LogP contribution in [0.3, 0.4) is 0 Å². The zero-order valence-corrected chi connectivity index (χ0v) is 9.94. The van der Waals surface area contributed by atoms with Crippen molar-refractivity contribution in [3.63, 3.8) is 0 Å². The Hall–Kier alpha value is -1.14. The summed E-state index contributed by atoms with van der Waals surface area (Å²) in [4.78, 5) is 11.5. The molecular weight excluding hydrogens is 244 g/mol. The summed E-state index contributed by atoms with van der Waals surface area (Å²) < 4.78 is 0. The summed E-state index contributed by atoms with van der Waals surface area (Å²) in [5.74, 6) is -0.251. The van der Waals surface area contributed by atoms with Crippen LogP contribution in [0, 0.1) is 0 Å². The molecule has 5 nitrogen and oxygen atoms in total. The molecule has 0 saturated carbocycles. The van der Waals surface area contributed by atoms with Crippen molar-refractivity contribution in [2.24, 2.45) is 0 Å². The Bertz CT molecular complexity index is 352. The summed E-state index contributed by atoms with van der Waals surface area (Å²) in [6, 6.07) is 6.25. The van der Waals surface area contributed by atoms with E-state index in [9.17, 15) is 4.79 Å². The van der Waals surface area contributed by atoms with Crippen molar-refractivity contribution in [2.45, 2.75) is 6.04 Å². The van der Waals surface area contributed by atoms with Crippen LogP contribution in [0.25, 0.3) is 0 Å². The number of hydrogen-bond donors (Lipinski definition) is 4. The van der Waals surface area contributed by atoms with Crippen LogP contribution in [0.5, 0.6) is 0 Å². The van der Waals surface area contributed by atoms with Crippen LogP contribution in [-0.4, -0.2) is 41.9 Å². The zero-order chi connectivity index (χ0) is 12.7. The Morgan fingerprint density at radius 1 is 1.24 bits per heavy atom. The molecule has 0 radical (unpaired) electrons. The van der Waals surface area contributed by atoms with E-state index in [0.717, 1.165) is 0 Å². The second kappa shape index (κ2) is 7.24. The van der Waals surface area contributed by atoms with E-state index in [1.54, 1.807) is 24.3 Å². The largest absolute Gasteiger partial charge is 0.395 e. The predicted octanol–water partition coefficient (Wildman–Crippen LogP) is 0.221. The molecule has 94 valence electrons. The molecule has 1 aromatic carbocycles. The van der Waals surface area contributed by atoms with Crippen LogP contribution in [0.2, 0.25) is 5.02 Å². The Morgan fingerprint density at radius 3 is 2.35 bits per heavy atom. The number of halogens is 1. The maximum atomic E-state index is 11.5. The summed E-state index contributed by atoms with van der Waals surface area (Å²) in [5.41, 5.74) is 0.644. The smallest absolute Gasteiger partial charge is 0.238 e. The SMILES string of the molecule is O=C(CNC(CO)CO)Nc1ccc(Cl)cc1. The minimum absolute atomic E-state index is 0.0222. The molecule has 0 saturated heterocycles. The van der Waals surface area contributed by atoms with Crippen molar-refractivity contribution in [2.75, 3.05) is 25.1 Å². The van der Waals surface area contributed by atoms with Gasteiger partial charge in [0.15, 0.2) is 0 Å². The first kappa shape index (κ1) is 13.9.